The molecule has 1 aliphatic rings. The number of aryl methyl sites for hydroxylation is 1. The number of ether oxygens (including phenoxy) is 1. The monoisotopic (exact) mass is 515 g/mol. The Balaban J connectivity index is 1.70. The highest BCUT2D eigenvalue weighted by Gasteiger charge is 2.38. The molecular weight excluding hydrogens is 487 g/mol. The molecule has 0 amide bonds. The van der Waals surface area contributed by atoms with Crippen LogP contribution in [0.3, 0.4) is 0 Å². The fraction of sp³-hybridized carbons (Fsp3) is 0.480. The molecule has 0 spiro atoms. The van der Waals surface area contributed by atoms with Crippen LogP contribution in [0.25, 0.3) is 15.9 Å². The minimum absolute atomic E-state index is 0.00301. The molecule has 3 aromatic rings. The first-order chi connectivity index (χ1) is 17.6. The summed E-state index contributed by atoms with van der Waals surface area (Å²) in [5.74, 6) is 0.168. The first-order valence-electron chi connectivity index (χ1n) is 12.1. The van der Waals surface area contributed by atoms with Crippen LogP contribution in [0.5, 0.6) is 5.88 Å². The molecule has 0 aliphatic carbocycles. The topological polar surface area (TPSA) is 80.7 Å². The van der Waals surface area contributed by atoms with Crippen molar-refractivity contribution in [2.75, 3.05) is 18.0 Å². The first-order valence-corrected chi connectivity index (χ1v) is 12.1. The smallest absolute Gasteiger partial charge is 0.388 e. The van der Waals surface area contributed by atoms with Crippen LogP contribution >= 0.6 is 0 Å². The molecule has 0 radical (unpaired) electrons. The summed E-state index contributed by atoms with van der Waals surface area (Å²) in [7, 11) is 1.62. The zero-order chi connectivity index (χ0) is 26.9. The number of halogens is 3. The summed E-state index contributed by atoms with van der Waals surface area (Å²) in [6, 6.07) is 7.33. The van der Waals surface area contributed by atoms with Gasteiger partial charge in [0.25, 0.3) is 5.82 Å². The fourth-order valence-corrected chi connectivity index (χ4v) is 4.89. The number of fused-ring (bicyclic) bond motifs is 1. The van der Waals surface area contributed by atoms with E-state index in [1.807, 2.05) is 20.8 Å². The molecule has 0 saturated carbocycles. The molecule has 9 nitrogen and oxygen atoms in total. The third-order valence-electron chi connectivity index (χ3n) is 6.88. The summed E-state index contributed by atoms with van der Waals surface area (Å²) < 4.78 is 43.6. The number of hydrogen-bond donors (Lipinski definition) is 0. The molecule has 196 valence electrons. The van der Waals surface area contributed by atoms with Gasteiger partial charge in [-0.3, -0.25) is 9.47 Å². The third kappa shape index (κ3) is 5.36. The number of hydrogen-bond acceptors (Lipinski definition) is 7. The van der Waals surface area contributed by atoms with Gasteiger partial charge in [-0.15, -0.1) is 18.2 Å². The number of piperazine rings is 1. The minimum Gasteiger partial charge on any atom is -0.388 e. The van der Waals surface area contributed by atoms with Crippen molar-refractivity contribution in [2.45, 2.75) is 58.1 Å². The van der Waals surface area contributed by atoms with Crippen molar-refractivity contribution < 1.29 is 17.9 Å². The van der Waals surface area contributed by atoms with Gasteiger partial charge in [0.1, 0.15) is 0 Å². The molecular formula is C25H28F3N7O2. The zero-order valence-electron chi connectivity index (χ0n) is 21.0. The largest absolute Gasteiger partial charge is 0.574 e. The highest BCUT2D eigenvalue weighted by atomic mass is 19.4. The predicted octanol–water partition coefficient (Wildman–Crippen LogP) is 4.61. The lowest BCUT2D eigenvalue weighted by molar-refractivity contribution is -0.276. The summed E-state index contributed by atoms with van der Waals surface area (Å²) >= 11 is 0. The maximum Gasteiger partial charge on any atom is 0.574 e. The molecule has 12 heteroatoms. The lowest BCUT2D eigenvalue weighted by Crippen LogP contribution is -2.59. The van der Waals surface area contributed by atoms with E-state index >= 15 is 0 Å². The minimum atomic E-state index is -4.82. The summed E-state index contributed by atoms with van der Waals surface area (Å²) in [5, 5.41) is 0. The number of pyridine rings is 2. The number of nitrogens with zero attached hydrogens (tertiary/aromatic N) is 7. The number of alkyl halides is 3. The molecule has 1 saturated heterocycles. The Labute approximate surface area is 212 Å². The van der Waals surface area contributed by atoms with Crippen LogP contribution in [0.2, 0.25) is 0 Å². The molecule has 1 fully saturated rings. The molecule has 4 rings (SSSR count). The Hall–Kier alpha value is -3.72. The third-order valence-corrected chi connectivity index (χ3v) is 6.88. The van der Waals surface area contributed by atoms with Gasteiger partial charge >= 0.3 is 12.1 Å². The van der Waals surface area contributed by atoms with E-state index in [1.54, 1.807) is 25.2 Å². The van der Waals surface area contributed by atoms with Gasteiger partial charge in [0.05, 0.1) is 11.2 Å². The van der Waals surface area contributed by atoms with E-state index in [0.717, 1.165) is 12.8 Å². The Morgan fingerprint density at radius 1 is 1.11 bits per heavy atom. The second-order valence-electron chi connectivity index (χ2n) is 9.02. The highest BCUT2D eigenvalue weighted by Crippen LogP contribution is 2.34. The van der Waals surface area contributed by atoms with Crippen molar-refractivity contribution in [2.24, 2.45) is 7.05 Å². The van der Waals surface area contributed by atoms with E-state index in [2.05, 4.69) is 34.3 Å². The molecule has 37 heavy (non-hydrogen) atoms. The summed E-state index contributed by atoms with van der Waals surface area (Å²) in [4.78, 5) is 33.4. The molecule has 1 unspecified atom stereocenters. The van der Waals surface area contributed by atoms with E-state index in [1.165, 1.54) is 16.7 Å². The van der Waals surface area contributed by atoms with Crippen molar-refractivity contribution in [3.8, 4) is 5.88 Å². The Morgan fingerprint density at radius 3 is 2.49 bits per heavy atom. The molecule has 3 atom stereocenters. The van der Waals surface area contributed by atoms with Gasteiger partial charge in [0, 0.05) is 44.3 Å². The second-order valence-corrected chi connectivity index (χ2v) is 9.02. The molecule has 0 aromatic carbocycles. The Morgan fingerprint density at radius 2 is 1.84 bits per heavy atom. The van der Waals surface area contributed by atoms with Gasteiger partial charge in [0.15, 0.2) is 5.82 Å². The number of anilines is 1. The van der Waals surface area contributed by atoms with Crippen molar-refractivity contribution in [3.05, 3.63) is 57.9 Å². The lowest BCUT2D eigenvalue weighted by atomic mass is 9.98. The summed E-state index contributed by atoms with van der Waals surface area (Å²) in [5.41, 5.74) is 1.14. The summed E-state index contributed by atoms with van der Waals surface area (Å²) in [6.45, 7) is 14.4. The normalized spacial score (nSPS) is 19.6. The van der Waals surface area contributed by atoms with Crippen LogP contribution in [0.15, 0.2) is 35.1 Å². The van der Waals surface area contributed by atoms with Crippen LogP contribution in [0, 0.1) is 6.57 Å². The molecule has 4 heterocycles. The predicted molar refractivity (Wildman–Crippen MR) is 133 cm³/mol. The van der Waals surface area contributed by atoms with Crippen LogP contribution in [-0.4, -0.2) is 56.0 Å². The van der Waals surface area contributed by atoms with Crippen LogP contribution in [-0.2, 0) is 7.05 Å². The van der Waals surface area contributed by atoms with Crippen LogP contribution in [0.1, 0.15) is 45.3 Å². The first kappa shape index (κ1) is 26.3. The molecule has 0 bridgehead atoms. The average Bonchev–Trinajstić information content (AvgIpc) is 2.88. The summed E-state index contributed by atoms with van der Waals surface area (Å²) in [6.07, 6.45) is -3.34. The van der Waals surface area contributed by atoms with Gasteiger partial charge in [-0.25, -0.2) is 9.78 Å². The van der Waals surface area contributed by atoms with E-state index in [-0.39, 0.29) is 23.9 Å². The van der Waals surface area contributed by atoms with Crippen LogP contribution in [0.4, 0.5) is 24.8 Å². The van der Waals surface area contributed by atoms with Gasteiger partial charge < -0.3 is 14.5 Å². The van der Waals surface area contributed by atoms with Crippen LogP contribution < -0.4 is 15.3 Å². The highest BCUT2D eigenvalue weighted by molar-refractivity contribution is 5.87. The number of rotatable bonds is 6. The molecule has 1 aliphatic heterocycles. The zero-order valence-corrected chi connectivity index (χ0v) is 21.0. The van der Waals surface area contributed by atoms with E-state index in [4.69, 9.17) is 6.57 Å². The van der Waals surface area contributed by atoms with Gasteiger partial charge in [-0.1, -0.05) is 26.5 Å². The van der Waals surface area contributed by atoms with E-state index < -0.39 is 17.9 Å². The molecule has 3 aromatic heterocycles. The average molecular weight is 516 g/mol. The van der Waals surface area contributed by atoms with Crippen molar-refractivity contribution in [1.82, 2.24) is 24.4 Å². The van der Waals surface area contributed by atoms with Crippen molar-refractivity contribution >= 4 is 22.7 Å². The Kier molecular flexibility index (Phi) is 7.36. The van der Waals surface area contributed by atoms with Crippen molar-refractivity contribution in [3.63, 3.8) is 0 Å². The van der Waals surface area contributed by atoms with E-state index in [9.17, 15) is 18.0 Å². The Bertz CT molecular complexity index is 1390. The fourth-order valence-electron chi connectivity index (χ4n) is 4.89. The maximum atomic E-state index is 12.7. The quantitative estimate of drug-likeness (QED) is 0.444. The number of aromatic nitrogens is 4. The van der Waals surface area contributed by atoms with Gasteiger partial charge in [-0.2, -0.15) is 4.98 Å². The van der Waals surface area contributed by atoms with E-state index in [0.29, 0.717) is 35.6 Å². The van der Waals surface area contributed by atoms with Gasteiger partial charge in [0.2, 0.25) is 11.4 Å². The van der Waals surface area contributed by atoms with Crippen molar-refractivity contribution in [1.29, 1.82) is 0 Å². The SMILES string of the molecule is [C-]#[N+]c1ccc2c(n1)c(N1C[C@@H](CC)N(C(C)c3cccc(OC(F)(F)F)n3)C[C@@H]1CC)nc(=O)n2C. The standard InChI is InChI=1S/C25H28F3N7O2/c1-6-16-14-35(23-22-19(33(5)24(36)32-23)11-12-20(29-4)31-22)17(7-2)13-34(16)15(3)18-9-8-10-21(30-18)37-25(26,27)28/h8-12,15-17H,6-7,13-14H2,1-3,5H3/t15?,16-,17+/m1/s1. The maximum absolute atomic E-state index is 12.7. The molecule has 0 N–H and O–H groups in total. The second kappa shape index (κ2) is 10.3. The van der Waals surface area contributed by atoms with Gasteiger partial charge in [-0.05, 0) is 38.0 Å². The lowest BCUT2D eigenvalue weighted by Gasteiger charge is -2.48.